The lowest BCUT2D eigenvalue weighted by Crippen LogP contribution is -2.20. The molecule has 0 radical (unpaired) electrons. The third kappa shape index (κ3) is 3.10. The maximum Gasteiger partial charge on any atom is 0.185 e. The molecule has 5 nitrogen and oxygen atoms in total. The van der Waals surface area contributed by atoms with Gasteiger partial charge >= 0.3 is 0 Å². The van der Waals surface area contributed by atoms with Crippen LogP contribution in [0, 0.1) is 5.92 Å². The predicted molar refractivity (Wildman–Crippen MR) is 70.9 cm³/mol. The topological polar surface area (TPSA) is 70.1 Å². The van der Waals surface area contributed by atoms with Gasteiger partial charge in [0.05, 0.1) is 13.3 Å². The average Bonchev–Trinajstić information content (AvgIpc) is 2.79. The molecule has 0 saturated heterocycles. The van der Waals surface area contributed by atoms with E-state index in [0.717, 1.165) is 6.42 Å². The summed E-state index contributed by atoms with van der Waals surface area (Å²) in [5.41, 5.74) is 6.20. The second-order valence-electron chi connectivity index (χ2n) is 4.74. The summed E-state index contributed by atoms with van der Waals surface area (Å²) in [6.45, 7) is 6.55. The van der Waals surface area contributed by atoms with E-state index in [9.17, 15) is 4.79 Å². The van der Waals surface area contributed by atoms with E-state index in [-0.39, 0.29) is 17.7 Å². The van der Waals surface area contributed by atoms with Crippen LogP contribution in [0.2, 0.25) is 0 Å². The van der Waals surface area contributed by atoms with Crippen molar-refractivity contribution < 1.29 is 9.53 Å². The predicted octanol–water partition coefficient (Wildman–Crippen LogP) is 2.03. The Bertz CT molecular complexity index is 395. The molecule has 18 heavy (non-hydrogen) atoms. The van der Waals surface area contributed by atoms with Crippen molar-refractivity contribution in [1.82, 2.24) is 9.78 Å². The largest absolute Gasteiger partial charge is 0.493 e. The van der Waals surface area contributed by atoms with Gasteiger partial charge in [-0.3, -0.25) is 9.48 Å². The highest BCUT2D eigenvalue weighted by molar-refractivity contribution is 5.97. The van der Waals surface area contributed by atoms with E-state index in [1.807, 2.05) is 20.8 Å². The summed E-state index contributed by atoms with van der Waals surface area (Å²) in [6, 6.07) is 0.130. The first kappa shape index (κ1) is 14.7. The molecule has 102 valence electrons. The van der Waals surface area contributed by atoms with Crippen molar-refractivity contribution in [1.29, 1.82) is 0 Å². The normalized spacial score (nSPS) is 12.8. The minimum atomic E-state index is 0.0513. The van der Waals surface area contributed by atoms with Gasteiger partial charge in [0.15, 0.2) is 11.5 Å². The van der Waals surface area contributed by atoms with Gasteiger partial charge in [-0.25, -0.2) is 0 Å². The average molecular weight is 253 g/mol. The van der Waals surface area contributed by atoms with Crippen LogP contribution in [0.4, 0.5) is 0 Å². The highest BCUT2D eigenvalue weighted by Gasteiger charge is 2.22. The van der Waals surface area contributed by atoms with Crippen LogP contribution in [0.25, 0.3) is 0 Å². The number of aromatic nitrogens is 2. The molecule has 2 N–H and O–H groups in total. The molecular weight excluding hydrogens is 230 g/mol. The Hall–Kier alpha value is -1.36. The fourth-order valence-corrected chi connectivity index (χ4v) is 1.91. The Morgan fingerprint density at radius 1 is 1.56 bits per heavy atom. The summed E-state index contributed by atoms with van der Waals surface area (Å²) in [5, 5.41) is 4.21. The van der Waals surface area contributed by atoms with Crippen LogP contribution in [0.5, 0.6) is 5.75 Å². The third-order valence-corrected chi connectivity index (χ3v) is 3.12. The van der Waals surface area contributed by atoms with Gasteiger partial charge in [-0.05, 0) is 26.3 Å². The van der Waals surface area contributed by atoms with Gasteiger partial charge in [-0.2, -0.15) is 5.10 Å². The summed E-state index contributed by atoms with van der Waals surface area (Å²) >= 11 is 0. The zero-order valence-electron chi connectivity index (χ0n) is 11.6. The highest BCUT2D eigenvalue weighted by Crippen LogP contribution is 2.24. The Morgan fingerprint density at radius 2 is 2.22 bits per heavy atom. The first-order valence-electron chi connectivity index (χ1n) is 6.39. The van der Waals surface area contributed by atoms with E-state index in [1.54, 1.807) is 18.0 Å². The Kier molecular flexibility index (Phi) is 5.34. The molecule has 0 aromatic carbocycles. The van der Waals surface area contributed by atoms with Crippen molar-refractivity contribution in [3.05, 3.63) is 11.9 Å². The minimum Gasteiger partial charge on any atom is -0.493 e. The van der Waals surface area contributed by atoms with Gasteiger partial charge in [0.1, 0.15) is 5.69 Å². The molecule has 1 rings (SSSR count). The number of hydrogen-bond donors (Lipinski definition) is 1. The molecule has 0 spiro atoms. The van der Waals surface area contributed by atoms with Gasteiger partial charge in [0.2, 0.25) is 0 Å². The Labute approximate surface area is 108 Å². The quantitative estimate of drug-likeness (QED) is 0.755. The number of carbonyl (C=O) groups excluding carboxylic acids is 1. The molecular formula is C13H23N3O2. The standard InChI is InChI=1S/C13H23N3O2/c1-5-10(7-14)6-11(17)13-12(18-4)8-15-16(13)9(2)3/h8-10H,5-7,14H2,1-4H3. The first-order chi connectivity index (χ1) is 8.54. The van der Waals surface area contributed by atoms with Gasteiger partial charge in [0.25, 0.3) is 0 Å². The molecule has 0 aliphatic heterocycles. The van der Waals surface area contributed by atoms with Crippen LogP contribution < -0.4 is 10.5 Å². The van der Waals surface area contributed by atoms with E-state index in [0.29, 0.717) is 24.4 Å². The number of rotatable bonds is 7. The lowest BCUT2D eigenvalue weighted by Gasteiger charge is -2.14. The van der Waals surface area contributed by atoms with Crippen LogP contribution in [0.1, 0.15) is 50.1 Å². The monoisotopic (exact) mass is 253 g/mol. The summed E-state index contributed by atoms with van der Waals surface area (Å²) in [6.07, 6.45) is 2.94. The number of carbonyl (C=O) groups is 1. The van der Waals surface area contributed by atoms with Crippen LogP contribution in [0.15, 0.2) is 6.20 Å². The maximum atomic E-state index is 12.3. The second-order valence-corrected chi connectivity index (χ2v) is 4.74. The van der Waals surface area contributed by atoms with Gasteiger partial charge in [0, 0.05) is 12.5 Å². The van der Waals surface area contributed by atoms with Gasteiger partial charge in [-0.15, -0.1) is 0 Å². The summed E-state index contributed by atoms with van der Waals surface area (Å²) in [5.74, 6) is 0.814. The summed E-state index contributed by atoms with van der Waals surface area (Å²) in [4.78, 5) is 12.3. The number of Topliss-reactive ketones (excluding diaryl/α,β-unsaturated/α-hetero) is 1. The number of ketones is 1. The molecule has 1 aromatic heterocycles. The number of hydrogen-bond acceptors (Lipinski definition) is 4. The molecule has 1 aromatic rings. The smallest absolute Gasteiger partial charge is 0.185 e. The molecule has 0 saturated carbocycles. The van der Waals surface area contributed by atoms with Crippen molar-refractivity contribution in [2.24, 2.45) is 11.7 Å². The van der Waals surface area contributed by atoms with Crippen molar-refractivity contribution in [3.8, 4) is 5.75 Å². The van der Waals surface area contributed by atoms with E-state index in [2.05, 4.69) is 5.10 Å². The summed E-state index contributed by atoms with van der Waals surface area (Å²) < 4.78 is 6.92. The molecule has 0 fully saturated rings. The number of ether oxygens (including phenoxy) is 1. The van der Waals surface area contributed by atoms with E-state index >= 15 is 0 Å². The van der Waals surface area contributed by atoms with Crippen molar-refractivity contribution in [2.45, 2.75) is 39.7 Å². The van der Waals surface area contributed by atoms with Crippen molar-refractivity contribution >= 4 is 5.78 Å². The van der Waals surface area contributed by atoms with Gasteiger partial charge < -0.3 is 10.5 Å². The molecule has 5 heteroatoms. The Balaban J connectivity index is 2.99. The van der Waals surface area contributed by atoms with Crippen molar-refractivity contribution in [3.63, 3.8) is 0 Å². The molecule has 0 amide bonds. The fourth-order valence-electron chi connectivity index (χ4n) is 1.91. The molecule has 1 unspecified atom stereocenters. The second kappa shape index (κ2) is 6.54. The fraction of sp³-hybridized carbons (Fsp3) is 0.692. The number of nitrogens with two attached hydrogens (primary N) is 1. The third-order valence-electron chi connectivity index (χ3n) is 3.12. The molecule has 0 aliphatic rings. The molecule has 1 atom stereocenters. The van der Waals surface area contributed by atoms with Crippen LogP contribution in [-0.4, -0.2) is 29.2 Å². The summed E-state index contributed by atoms with van der Waals surface area (Å²) in [7, 11) is 1.55. The van der Waals surface area contributed by atoms with E-state index < -0.39 is 0 Å². The van der Waals surface area contributed by atoms with Crippen LogP contribution >= 0.6 is 0 Å². The molecule has 0 bridgehead atoms. The van der Waals surface area contributed by atoms with Crippen LogP contribution in [-0.2, 0) is 0 Å². The lowest BCUT2D eigenvalue weighted by molar-refractivity contribution is 0.0945. The molecule has 0 aliphatic carbocycles. The SMILES string of the molecule is CCC(CN)CC(=O)c1c(OC)cnn1C(C)C. The Morgan fingerprint density at radius 3 is 2.67 bits per heavy atom. The van der Waals surface area contributed by atoms with E-state index in [4.69, 9.17) is 10.5 Å². The minimum absolute atomic E-state index is 0.0513. The first-order valence-corrected chi connectivity index (χ1v) is 6.39. The lowest BCUT2D eigenvalue weighted by atomic mass is 9.98. The number of nitrogens with zero attached hydrogens (tertiary/aromatic N) is 2. The molecule has 1 heterocycles. The zero-order valence-corrected chi connectivity index (χ0v) is 11.6. The van der Waals surface area contributed by atoms with Gasteiger partial charge in [-0.1, -0.05) is 13.3 Å². The van der Waals surface area contributed by atoms with Crippen molar-refractivity contribution in [2.75, 3.05) is 13.7 Å². The van der Waals surface area contributed by atoms with E-state index in [1.165, 1.54) is 0 Å². The van der Waals surface area contributed by atoms with Crippen LogP contribution in [0.3, 0.4) is 0 Å². The maximum absolute atomic E-state index is 12.3. The highest BCUT2D eigenvalue weighted by atomic mass is 16.5. The zero-order chi connectivity index (χ0) is 13.7. The number of methoxy groups -OCH3 is 1.